The summed E-state index contributed by atoms with van der Waals surface area (Å²) in [5.41, 5.74) is 2.04. The molecule has 1 aromatic heterocycles. The molecular weight excluding hydrogens is 292 g/mol. The third kappa shape index (κ3) is 2.53. The Morgan fingerprint density at radius 3 is 2.85 bits per heavy atom. The zero-order valence-corrected chi connectivity index (χ0v) is 12.7. The minimum atomic E-state index is -0.0586. The highest BCUT2D eigenvalue weighted by atomic mass is 35.5. The van der Waals surface area contributed by atoms with E-state index in [2.05, 4.69) is 23.7 Å². The van der Waals surface area contributed by atoms with Gasteiger partial charge in [-0.3, -0.25) is 0 Å². The van der Waals surface area contributed by atoms with Crippen molar-refractivity contribution in [1.29, 1.82) is 0 Å². The number of benzene rings is 1. The summed E-state index contributed by atoms with van der Waals surface area (Å²) < 4.78 is 0. The molecule has 1 atom stereocenters. The molecule has 1 aliphatic rings. The van der Waals surface area contributed by atoms with Gasteiger partial charge in [0.05, 0.1) is 6.04 Å². The summed E-state index contributed by atoms with van der Waals surface area (Å²) in [5, 5.41) is 5.69. The van der Waals surface area contributed by atoms with Crippen LogP contribution in [0.1, 0.15) is 23.4 Å². The average molecular weight is 307 g/mol. The topological polar surface area (TPSA) is 32.3 Å². The van der Waals surface area contributed by atoms with Crippen LogP contribution in [0.4, 0.5) is 10.5 Å². The Morgan fingerprint density at radius 1 is 1.35 bits per heavy atom. The van der Waals surface area contributed by atoms with Crippen molar-refractivity contribution in [2.75, 3.05) is 11.9 Å². The second-order valence-electron chi connectivity index (χ2n) is 4.86. The SMILES string of the molecule is CC1c2ccsc2CCN1C(=O)Nc1ccc(Cl)cc1. The van der Waals surface area contributed by atoms with Gasteiger partial charge in [0.15, 0.2) is 0 Å². The molecule has 3 rings (SSSR count). The molecule has 3 nitrogen and oxygen atoms in total. The lowest BCUT2D eigenvalue weighted by atomic mass is 10.0. The number of hydrogen-bond acceptors (Lipinski definition) is 2. The molecule has 0 saturated carbocycles. The predicted molar refractivity (Wildman–Crippen MR) is 83.6 cm³/mol. The first-order chi connectivity index (χ1) is 9.65. The fourth-order valence-electron chi connectivity index (χ4n) is 2.52. The van der Waals surface area contributed by atoms with Crippen LogP contribution in [0.25, 0.3) is 0 Å². The van der Waals surface area contributed by atoms with Crippen molar-refractivity contribution in [2.45, 2.75) is 19.4 Å². The smallest absolute Gasteiger partial charge is 0.317 e. The standard InChI is InChI=1S/C15H15ClN2OS/c1-10-13-7-9-20-14(13)6-8-18(10)15(19)17-12-4-2-11(16)3-5-12/h2-5,7,9-10H,6,8H2,1H3,(H,17,19). The van der Waals surface area contributed by atoms with Crippen LogP contribution in [0.5, 0.6) is 0 Å². The molecule has 2 heterocycles. The summed E-state index contributed by atoms with van der Waals surface area (Å²) in [4.78, 5) is 15.7. The molecule has 20 heavy (non-hydrogen) atoms. The van der Waals surface area contributed by atoms with Gasteiger partial charge in [0, 0.05) is 22.1 Å². The Balaban J connectivity index is 1.73. The first kappa shape index (κ1) is 13.5. The third-order valence-corrected chi connectivity index (χ3v) is 4.88. The van der Waals surface area contributed by atoms with Crippen LogP contribution >= 0.6 is 22.9 Å². The van der Waals surface area contributed by atoms with Crippen LogP contribution in [-0.2, 0) is 6.42 Å². The Morgan fingerprint density at radius 2 is 2.10 bits per heavy atom. The van der Waals surface area contributed by atoms with Crippen LogP contribution in [0.3, 0.4) is 0 Å². The van der Waals surface area contributed by atoms with Gasteiger partial charge in [-0.2, -0.15) is 0 Å². The number of halogens is 1. The van der Waals surface area contributed by atoms with Crippen LogP contribution in [0, 0.1) is 0 Å². The van der Waals surface area contributed by atoms with Crippen molar-refractivity contribution in [1.82, 2.24) is 4.90 Å². The van der Waals surface area contributed by atoms with Gasteiger partial charge >= 0.3 is 6.03 Å². The third-order valence-electron chi connectivity index (χ3n) is 3.63. The molecule has 0 aliphatic carbocycles. The van der Waals surface area contributed by atoms with E-state index in [0.717, 1.165) is 18.7 Å². The number of fused-ring (bicyclic) bond motifs is 1. The lowest BCUT2D eigenvalue weighted by molar-refractivity contribution is 0.189. The second-order valence-corrected chi connectivity index (χ2v) is 6.29. The maximum Gasteiger partial charge on any atom is 0.322 e. The number of carbonyl (C=O) groups excluding carboxylic acids is 1. The molecule has 1 N–H and O–H groups in total. The number of urea groups is 1. The molecule has 0 radical (unpaired) electrons. The van der Waals surface area contributed by atoms with Gasteiger partial charge in [-0.25, -0.2) is 4.79 Å². The lowest BCUT2D eigenvalue weighted by Gasteiger charge is -2.33. The van der Waals surface area contributed by atoms with Gasteiger partial charge < -0.3 is 10.2 Å². The maximum atomic E-state index is 12.4. The first-order valence-electron chi connectivity index (χ1n) is 6.54. The molecule has 2 aromatic rings. The highest BCUT2D eigenvalue weighted by molar-refractivity contribution is 7.10. The van der Waals surface area contributed by atoms with Gasteiger partial charge in [-0.15, -0.1) is 11.3 Å². The number of hydrogen-bond donors (Lipinski definition) is 1. The van der Waals surface area contributed by atoms with E-state index in [1.54, 1.807) is 23.5 Å². The van der Waals surface area contributed by atoms with Crippen molar-refractivity contribution in [3.63, 3.8) is 0 Å². The largest absolute Gasteiger partial charge is 0.322 e. The first-order valence-corrected chi connectivity index (χ1v) is 7.80. The van der Waals surface area contributed by atoms with Gasteiger partial charge in [0.2, 0.25) is 0 Å². The molecule has 0 saturated heterocycles. The summed E-state index contributed by atoms with van der Waals surface area (Å²) in [6.07, 6.45) is 0.936. The minimum Gasteiger partial charge on any atom is -0.317 e. The van der Waals surface area contributed by atoms with Crippen LogP contribution < -0.4 is 5.32 Å². The molecule has 0 bridgehead atoms. The molecule has 2 amide bonds. The summed E-state index contributed by atoms with van der Waals surface area (Å²) >= 11 is 7.62. The molecule has 104 valence electrons. The Hall–Kier alpha value is -1.52. The fourth-order valence-corrected chi connectivity index (χ4v) is 3.60. The maximum absolute atomic E-state index is 12.4. The minimum absolute atomic E-state index is 0.0586. The Bertz CT molecular complexity index is 623. The summed E-state index contributed by atoms with van der Waals surface area (Å²) in [6.45, 7) is 2.83. The van der Waals surface area contributed by atoms with E-state index in [4.69, 9.17) is 11.6 Å². The van der Waals surface area contributed by atoms with Crippen molar-refractivity contribution in [2.24, 2.45) is 0 Å². The van der Waals surface area contributed by atoms with Crippen LogP contribution in [0.2, 0.25) is 5.02 Å². The molecule has 1 unspecified atom stereocenters. The molecule has 0 fully saturated rings. The van der Waals surface area contributed by atoms with Gasteiger partial charge in [0.1, 0.15) is 0 Å². The van der Waals surface area contributed by atoms with Crippen molar-refractivity contribution in [3.8, 4) is 0 Å². The highest BCUT2D eigenvalue weighted by Gasteiger charge is 2.28. The molecular formula is C15H15ClN2OS. The lowest BCUT2D eigenvalue weighted by Crippen LogP contribution is -2.40. The predicted octanol–water partition coefficient (Wildman–Crippen LogP) is 4.55. The normalized spacial score (nSPS) is 17.7. The van der Waals surface area contributed by atoms with Crippen molar-refractivity contribution < 1.29 is 4.79 Å². The number of nitrogens with zero attached hydrogens (tertiary/aromatic N) is 1. The van der Waals surface area contributed by atoms with Crippen molar-refractivity contribution in [3.05, 3.63) is 51.2 Å². The quantitative estimate of drug-likeness (QED) is 0.823. The average Bonchev–Trinajstić information content (AvgIpc) is 2.91. The van der Waals surface area contributed by atoms with Gasteiger partial charge in [-0.05, 0) is 54.6 Å². The fraction of sp³-hybridized carbons (Fsp3) is 0.267. The van der Waals surface area contributed by atoms with E-state index in [0.29, 0.717) is 5.02 Å². The molecule has 5 heteroatoms. The summed E-state index contributed by atoms with van der Waals surface area (Å²) in [5.74, 6) is 0. The van der Waals surface area contributed by atoms with Gasteiger partial charge in [-0.1, -0.05) is 11.6 Å². The number of rotatable bonds is 1. The molecule has 1 aliphatic heterocycles. The van der Waals surface area contributed by atoms with Crippen LogP contribution in [0.15, 0.2) is 35.7 Å². The van der Waals surface area contributed by atoms with Crippen LogP contribution in [-0.4, -0.2) is 17.5 Å². The molecule has 0 spiro atoms. The Kier molecular flexibility index (Phi) is 3.68. The molecule has 1 aromatic carbocycles. The number of carbonyl (C=O) groups is 1. The number of amides is 2. The number of anilines is 1. The highest BCUT2D eigenvalue weighted by Crippen LogP contribution is 2.33. The van der Waals surface area contributed by atoms with E-state index in [9.17, 15) is 4.79 Å². The van der Waals surface area contributed by atoms with Crippen molar-refractivity contribution >= 4 is 34.7 Å². The Labute approximate surface area is 127 Å². The summed E-state index contributed by atoms with van der Waals surface area (Å²) in [6, 6.07) is 9.35. The second kappa shape index (κ2) is 5.46. The van der Waals surface area contributed by atoms with E-state index in [1.165, 1.54) is 10.4 Å². The number of nitrogens with one attached hydrogen (secondary N) is 1. The van der Waals surface area contributed by atoms with E-state index in [1.807, 2.05) is 17.0 Å². The monoisotopic (exact) mass is 306 g/mol. The zero-order valence-electron chi connectivity index (χ0n) is 11.1. The van der Waals surface area contributed by atoms with E-state index in [-0.39, 0.29) is 12.1 Å². The van der Waals surface area contributed by atoms with E-state index >= 15 is 0 Å². The summed E-state index contributed by atoms with van der Waals surface area (Å²) in [7, 11) is 0. The van der Waals surface area contributed by atoms with E-state index < -0.39 is 0 Å². The van der Waals surface area contributed by atoms with Gasteiger partial charge in [0.25, 0.3) is 0 Å². The number of thiophene rings is 1. The zero-order chi connectivity index (χ0) is 14.1.